The van der Waals surface area contributed by atoms with Crippen molar-refractivity contribution in [3.8, 4) is 23.0 Å². The van der Waals surface area contributed by atoms with E-state index in [9.17, 15) is 9.18 Å². The van der Waals surface area contributed by atoms with Gasteiger partial charge in [0.15, 0.2) is 5.83 Å². The Kier molecular flexibility index (Phi) is 8.22. The fourth-order valence-corrected chi connectivity index (χ4v) is 5.50. The first-order valence-corrected chi connectivity index (χ1v) is 14.5. The zero-order valence-electron chi connectivity index (χ0n) is 25.7. The highest BCUT2D eigenvalue weighted by Crippen LogP contribution is 2.39. The first-order valence-electron chi connectivity index (χ1n) is 14.5. The molecule has 1 fully saturated rings. The molecule has 1 aliphatic heterocycles. The third-order valence-electron chi connectivity index (χ3n) is 8.01. The van der Waals surface area contributed by atoms with Crippen molar-refractivity contribution in [2.75, 3.05) is 38.4 Å². The van der Waals surface area contributed by atoms with Crippen molar-refractivity contribution in [3.63, 3.8) is 0 Å². The Hall–Kier alpha value is -5.23. The molecule has 0 saturated carbocycles. The lowest BCUT2D eigenvalue weighted by molar-refractivity contribution is -0.114. The summed E-state index contributed by atoms with van der Waals surface area (Å²) in [5, 5.41) is 6.56. The Morgan fingerprint density at radius 1 is 0.978 bits per heavy atom. The van der Waals surface area contributed by atoms with Crippen LogP contribution < -0.4 is 24.8 Å². The fraction of sp³-hybridized carbons (Fsp3) is 0.273. The van der Waals surface area contributed by atoms with E-state index in [1.54, 1.807) is 31.6 Å². The second-order valence-electron chi connectivity index (χ2n) is 11.0. The first kappa shape index (κ1) is 29.8. The van der Waals surface area contributed by atoms with Crippen LogP contribution in [0.1, 0.15) is 18.4 Å². The molecule has 12 heteroatoms. The predicted octanol–water partition coefficient (Wildman–Crippen LogP) is 6.26. The Morgan fingerprint density at radius 3 is 2.53 bits per heavy atom. The lowest BCUT2D eigenvalue weighted by atomic mass is 10.1. The van der Waals surface area contributed by atoms with E-state index in [2.05, 4.69) is 25.6 Å². The standard InChI is InChI=1S/C33H34FN7O4/c1-19-11-26(31(44-5)16-29(19)45-21-8-9-28-25(13-21)37-18-41(28)3)38-32-22-14-27(30(43-4)15-24(22)35-17-36-32)39-33(42)23(34)12-20-7-6-10-40(20)2/h8-9,11-18,20H,6-7,10H2,1-5H3,(H,39,42)(H,35,36,38)/b23-12+/t20-/m1/s1. The van der Waals surface area contributed by atoms with Gasteiger partial charge in [0, 0.05) is 36.7 Å². The van der Waals surface area contributed by atoms with Gasteiger partial charge in [-0.15, -0.1) is 0 Å². The molecule has 1 atom stereocenters. The second kappa shape index (κ2) is 12.4. The molecule has 1 aliphatic rings. The number of likely N-dealkylation sites (tertiary alicyclic amines) is 1. The summed E-state index contributed by atoms with van der Waals surface area (Å²) < 4.78 is 34.3. The van der Waals surface area contributed by atoms with Crippen LogP contribution >= 0.6 is 0 Å². The molecule has 3 heterocycles. The number of ether oxygens (including phenoxy) is 3. The molecule has 1 saturated heterocycles. The third-order valence-corrected chi connectivity index (χ3v) is 8.01. The Bertz CT molecular complexity index is 1940. The number of fused-ring (bicyclic) bond motifs is 2. The monoisotopic (exact) mass is 611 g/mol. The third kappa shape index (κ3) is 6.09. The van der Waals surface area contributed by atoms with Crippen molar-refractivity contribution in [1.82, 2.24) is 24.4 Å². The molecule has 5 aromatic rings. The largest absolute Gasteiger partial charge is 0.494 e. The number of amides is 1. The van der Waals surface area contributed by atoms with E-state index in [1.807, 2.05) is 54.8 Å². The van der Waals surface area contributed by atoms with Crippen LogP contribution in [-0.2, 0) is 11.8 Å². The molecule has 0 spiro atoms. The van der Waals surface area contributed by atoms with Crippen molar-refractivity contribution >= 4 is 45.0 Å². The predicted molar refractivity (Wildman–Crippen MR) is 171 cm³/mol. The van der Waals surface area contributed by atoms with E-state index in [1.165, 1.54) is 19.5 Å². The highest BCUT2D eigenvalue weighted by Gasteiger charge is 2.22. The maximum absolute atomic E-state index is 14.9. The number of benzene rings is 3. The maximum Gasteiger partial charge on any atom is 0.284 e. The van der Waals surface area contributed by atoms with Gasteiger partial charge in [0.25, 0.3) is 5.91 Å². The number of imidazole rings is 1. The van der Waals surface area contributed by atoms with Crippen LogP contribution in [-0.4, -0.2) is 64.2 Å². The summed E-state index contributed by atoms with van der Waals surface area (Å²) in [6.07, 6.45) is 6.32. The van der Waals surface area contributed by atoms with Crippen LogP contribution in [0, 0.1) is 6.92 Å². The van der Waals surface area contributed by atoms with E-state index < -0.39 is 11.7 Å². The van der Waals surface area contributed by atoms with Crippen molar-refractivity contribution in [2.24, 2.45) is 7.05 Å². The average molecular weight is 612 g/mol. The summed E-state index contributed by atoms with van der Waals surface area (Å²) in [6, 6.07) is 12.7. The number of aryl methyl sites for hydroxylation is 2. The van der Waals surface area contributed by atoms with Crippen molar-refractivity contribution < 1.29 is 23.4 Å². The highest BCUT2D eigenvalue weighted by atomic mass is 19.1. The summed E-state index contributed by atoms with van der Waals surface area (Å²) in [6.45, 7) is 2.80. The summed E-state index contributed by atoms with van der Waals surface area (Å²) in [7, 11) is 6.91. The number of nitrogens with zero attached hydrogens (tertiary/aromatic N) is 5. The molecule has 45 heavy (non-hydrogen) atoms. The van der Waals surface area contributed by atoms with Crippen LogP contribution in [0.3, 0.4) is 0 Å². The zero-order valence-corrected chi connectivity index (χ0v) is 25.7. The van der Waals surface area contributed by atoms with Gasteiger partial charge >= 0.3 is 0 Å². The number of halogens is 1. The summed E-state index contributed by atoms with van der Waals surface area (Å²) >= 11 is 0. The van der Waals surface area contributed by atoms with Gasteiger partial charge in [-0.2, -0.15) is 0 Å². The number of methoxy groups -OCH3 is 2. The summed E-state index contributed by atoms with van der Waals surface area (Å²) in [5.74, 6) is 0.884. The number of aromatic nitrogens is 4. The lowest BCUT2D eigenvalue weighted by Gasteiger charge is -2.17. The number of rotatable bonds is 9. The molecule has 0 bridgehead atoms. The highest BCUT2D eigenvalue weighted by molar-refractivity contribution is 6.05. The maximum atomic E-state index is 14.9. The van der Waals surface area contributed by atoms with Crippen LogP contribution in [0.5, 0.6) is 23.0 Å². The molecular weight excluding hydrogens is 577 g/mol. The van der Waals surface area contributed by atoms with E-state index in [0.717, 1.165) is 36.0 Å². The molecule has 11 nitrogen and oxygen atoms in total. The van der Waals surface area contributed by atoms with Crippen molar-refractivity contribution in [3.05, 3.63) is 72.6 Å². The molecule has 232 valence electrons. The minimum Gasteiger partial charge on any atom is -0.494 e. The SMILES string of the molecule is COc1cc2ncnc(Nc3cc(C)c(Oc4ccc5c(c4)ncn5C)cc3OC)c2cc1NC(=O)/C(F)=C\[C@H]1CCCN1C. The minimum absolute atomic E-state index is 0.113. The van der Waals surface area contributed by atoms with Crippen molar-refractivity contribution in [1.29, 1.82) is 0 Å². The number of hydrogen-bond donors (Lipinski definition) is 2. The van der Waals surface area contributed by atoms with Gasteiger partial charge in [0.05, 0.1) is 48.5 Å². The fourth-order valence-electron chi connectivity index (χ4n) is 5.50. The zero-order chi connectivity index (χ0) is 31.7. The number of hydrogen-bond acceptors (Lipinski definition) is 9. The van der Waals surface area contributed by atoms with Gasteiger partial charge in [-0.25, -0.2) is 19.3 Å². The van der Waals surface area contributed by atoms with E-state index in [4.69, 9.17) is 14.2 Å². The molecule has 0 aliphatic carbocycles. The number of nitrogens with one attached hydrogen (secondary N) is 2. The molecule has 2 aromatic heterocycles. The molecular formula is C33H34FN7O4. The average Bonchev–Trinajstić information content (AvgIpc) is 3.62. The van der Waals surface area contributed by atoms with Gasteiger partial charge in [-0.3, -0.25) is 9.69 Å². The van der Waals surface area contributed by atoms with Gasteiger partial charge in [0.1, 0.15) is 35.1 Å². The number of likely N-dealkylation sites (N-methyl/N-ethyl adjacent to an activating group) is 1. The van der Waals surface area contributed by atoms with Crippen LogP contribution in [0.4, 0.5) is 21.6 Å². The molecule has 2 N–H and O–H groups in total. The summed E-state index contributed by atoms with van der Waals surface area (Å²) in [5.41, 5.74) is 4.17. The molecule has 3 aromatic carbocycles. The first-order chi connectivity index (χ1) is 21.7. The number of anilines is 3. The second-order valence-corrected chi connectivity index (χ2v) is 11.0. The number of carbonyl (C=O) groups excluding carboxylic acids is 1. The Morgan fingerprint density at radius 2 is 1.78 bits per heavy atom. The van der Waals surface area contributed by atoms with E-state index in [0.29, 0.717) is 45.4 Å². The molecule has 1 amide bonds. The Labute approximate surface area is 259 Å². The van der Waals surface area contributed by atoms with E-state index in [-0.39, 0.29) is 11.7 Å². The van der Waals surface area contributed by atoms with Crippen molar-refractivity contribution in [2.45, 2.75) is 25.8 Å². The Balaban J connectivity index is 1.28. The number of carbonyl (C=O) groups is 1. The van der Waals surface area contributed by atoms with Crippen LogP contribution in [0.25, 0.3) is 21.9 Å². The van der Waals surface area contributed by atoms with E-state index >= 15 is 0 Å². The molecule has 6 rings (SSSR count). The van der Waals surface area contributed by atoms with Gasteiger partial charge in [-0.05, 0) is 69.3 Å². The smallest absolute Gasteiger partial charge is 0.284 e. The lowest BCUT2D eigenvalue weighted by Crippen LogP contribution is -2.24. The van der Waals surface area contributed by atoms with Crippen LogP contribution in [0.15, 0.2) is 67.0 Å². The normalized spacial score (nSPS) is 15.4. The van der Waals surface area contributed by atoms with Gasteiger partial charge in [0.2, 0.25) is 0 Å². The quantitative estimate of drug-likeness (QED) is 0.186. The molecule has 0 unspecified atom stereocenters. The van der Waals surface area contributed by atoms with Gasteiger partial charge in [-0.1, -0.05) is 0 Å². The molecule has 0 radical (unpaired) electrons. The van der Waals surface area contributed by atoms with Crippen LogP contribution in [0.2, 0.25) is 0 Å². The summed E-state index contributed by atoms with van der Waals surface area (Å²) in [4.78, 5) is 28.1. The minimum atomic E-state index is -0.852. The van der Waals surface area contributed by atoms with Gasteiger partial charge < -0.3 is 29.4 Å². The topological polar surface area (TPSA) is 116 Å².